The van der Waals surface area contributed by atoms with Gasteiger partial charge in [0.2, 0.25) is 0 Å². The second kappa shape index (κ2) is 6.77. The Morgan fingerprint density at radius 3 is 2.95 bits per heavy atom. The van der Waals surface area contributed by atoms with E-state index < -0.39 is 0 Å². The summed E-state index contributed by atoms with van der Waals surface area (Å²) in [4.78, 5) is 2.65. The van der Waals surface area contributed by atoms with Crippen molar-refractivity contribution in [1.29, 1.82) is 0 Å². The van der Waals surface area contributed by atoms with Crippen LogP contribution in [-0.4, -0.2) is 24.5 Å². The fraction of sp³-hybridized carbons (Fsp3) is 0.765. The summed E-state index contributed by atoms with van der Waals surface area (Å²) < 4.78 is 5.63. The Morgan fingerprint density at radius 1 is 1.25 bits per heavy atom. The molecular formula is C17H28N2O. The van der Waals surface area contributed by atoms with Crippen molar-refractivity contribution in [2.75, 3.05) is 19.6 Å². The van der Waals surface area contributed by atoms with Gasteiger partial charge in [0.1, 0.15) is 5.76 Å². The Balaban J connectivity index is 1.56. The Kier molecular flexibility index (Phi) is 4.79. The maximum atomic E-state index is 5.63. The summed E-state index contributed by atoms with van der Waals surface area (Å²) >= 11 is 0. The van der Waals surface area contributed by atoms with Gasteiger partial charge in [0.25, 0.3) is 0 Å². The third-order valence-electron chi connectivity index (χ3n) is 5.14. The van der Waals surface area contributed by atoms with Gasteiger partial charge in [0.05, 0.1) is 12.8 Å². The van der Waals surface area contributed by atoms with Gasteiger partial charge in [0, 0.05) is 18.7 Å². The van der Waals surface area contributed by atoms with Crippen molar-refractivity contribution in [1.82, 2.24) is 10.2 Å². The van der Waals surface area contributed by atoms with Crippen LogP contribution in [0.5, 0.6) is 0 Å². The van der Waals surface area contributed by atoms with E-state index in [1.807, 2.05) is 6.26 Å². The second-order valence-electron chi connectivity index (χ2n) is 6.48. The van der Waals surface area contributed by atoms with Gasteiger partial charge in [0.15, 0.2) is 0 Å². The lowest BCUT2D eigenvalue weighted by molar-refractivity contribution is 0.0816. The van der Waals surface area contributed by atoms with E-state index in [0.29, 0.717) is 0 Å². The smallest absolute Gasteiger partial charge is 0.122 e. The van der Waals surface area contributed by atoms with Gasteiger partial charge in [-0.3, -0.25) is 4.90 Å². The fourth-order valence-electron chi connectivity index (χ4n) is 3.96. The topological polar surface area (TPSA) is 28.4 Å². The molecule has 0 amide bonds. The molecule has 2 heterocycles. The molecule has 112 valence electrons. The third-order valence-corrected chi connectivity index (χ3v) is 5.14. The molecule has 3 nitrogen and oxygen atoms in total. The molecule has 2 atom stereocenters. The zero-order valence-electron chi connectivity index (χ0n) is 12.7. The highest BCUT2D eigenvalue weighted by Crippen LogP contribution is 2.36. The van der Waals surface area contributed by atoms with E-state index in [1.165, 1.54) is 50.8 Å². The summed E-state index contributed by atoms with van der Waals surface area (Å²) in [5.74, 6) is 3.10. The highest BCUT2D eigenvalue weighted by molar-refractivity contribution is 5.17. The minimum absolute atomic E-state index is 0.860. The number of piperidine rings is 1. The van der Waals surface area contributed by atoms with Gasteiger partial charge in [-0.15, -0.1) is 0 Å². The first-order valence-electron chi connectivity index (χ1n) is 8.35. The molecule has 3 rings (SSSR count). The van der Waals surface area contributed by atoms with Crippen molar-refractivity contribution in [3.8, 4) is 0 Å². The Hall–Kier alpha value is -0.800. The summed E-state index contributed by atoms with van der Waals surface area (Å²) in [6.07, 6.45) is 9.11. The van der Waals surface area contributed by atoms with Gasteiger partial charge >= 0.3 is 0 Å². The maximum absolute atomic E-state index is 5.63. The SMILES string of the molecule is CCNCc1occc1CN1CCC2CCCCC2C1. The summed E-state index contributed by atoms with van der Waals surface area (Å²) in [5.41, 5.74) is 1.38. The summed E-state index contributed by atoms with van der Waals surface area (Å²) in [6, 6.07) is 2.15. The molecule has 2 unspecified atom stereocenters. The van der Waals surface area contributed by atoms with Crippen molar-refractivity contribution in [2.24, 2.45) is 11.8 Å². The molecule has 0 spiro atoms. The molecule has 1 aromatic rings. The molecule has 0 aromatic carbocycles. The fourth-order valence-corrected chi connectivity index (χ4v) is 3.96. The van der Waals surface area contributed by atoms with E-state index >= 15 is 0 Å². The molecule has 1 aliphatic heterocycles. The highest BCUT2D eigenvalue weighted by Gasteiger charge is 2.31. The average molecular weight is 276 g/mol. The van der Waals surface area contributed by atoms with Crippen molar-refractivity contribution >= 4 is 0 Å². The minimum Gasteiger partial charge on any atom is -0.468 e. The van der Waals surface area contributed by atoms with Gasteiger partial charge in [-0.25, -0.2) is 0 Å². The minimum atomic E-state index is 0.860. The standard InChI is InChI=1S/C17H28N2O/c1-2-18-11-17-16(8-10-20-17)13-19-9-7-14-5-3-4-6-15(14)12-19/h8,10,14-15,18H,2-7,9,11-13H2,1H3. The lowest BCUT2D eigenvalue weighted by Gasteiger charge is -2.41. The molecule has 1 saturated heterocycles. The van der Waals surface area contributed by atoms with Crippen LogP contribution in [0.15, 0.2) is 16.7 Å². The first-order chi connectivity index (χ1) is 9.86. The van der Waals surface area contributed by atoms with Crippen LogP contribution in [0.3, 0.4) is 0 Å². The Bertz CT molecular complexity index is 415. The molecule has 0 radical (unpaired) electrons. The number of rotatable bonds is 5. The van der Waals surface area contributed by atoms with Crippen molar-refractivity contribution < 1.29 is 4.42 Å². The summed E-state index contributed by atoms with van der Waals surface area (Å²) in [7, 11) is 0. The number of likely N-dealkylation sites (tertiary alicyclic amines) is 1. The predicted octanol–water partition coefficient (Wildman–Crippen LogP) is 3.40. The number of hydrogen-bond donors (Lipinski definition) is 1. The summed E-state index contributed by atoms with van der Waals surface area (Å²) in [5, 5.41) is 3.36. The molecular weight excluding hydrogens is 248 g/mol. The molecule has 1 N–H and O–H groups in total. The van der Waals surface area contributed by atoms with E-state index in [2.05, 4.69) is 23.2 Å². The van der Waals surface area contributed by atoms with Crippen LogP contribution < -0.4 is 5.32 Å². The quantitative estimate of drug-likeness (QED) is 0.893. The van der Waals surface area contributed by atoms with E-state index in [9.17, 15) is 0 Å². The van der Waals surface area contributed by atoms with Crippen molar-refractivity contribution in [2.45, 2.75) is 52.1 Å². The zero-order chi connectivity index (χ0) is 13.8. The van der Waals surface area contributed by atoms with E-state index in [0.717, 1.165) is 37.2 Å². The second-order valence-corrected chi connectivity index (χ2v) is 6.48. The van der Waals surface area contributed by atoms with Crippen molar-refractivity contribution in [3.63, 3.8) is 0 Å². The number of nitrogens with one attached hydrogen (secondary N) is 1. The van der Waals surface area contributed by atoms with Crippen molar-refractivity contribution in [3.05, 3.63) is 23.7 Å². The van der Waals surface area contributed by atoms with E-state index in [1.54, 1.807) is 0 Å². The van der Waals surface area contributed by atoms with Crippen LogP contribution in [0.2, 0.25) is 0 Å². The van der Waals surface area contributed by atoms with Crippen LogP contribution in [0, 0.1) is 11.8 Å². The monoisotopic (exact) mass is 276 g/mol. The maximum Gasteiger partial charge on any atom is 0.122 e. The highest BCUT2D eigenvalue weighted by atomic mass is 16.3. The Labute approximate surface area is 122 Å². The number of hydrogen-bond acceptors (Lipinski definition) is 3. The van der Waals surface area contributed by atoms with E-state index in [-0.39, 0.29) is 0 Å². The largest absolute Gasteiger partial charge is 0.468 e. The molecule has 2 fully saturated rings. The molecule has 1 saturated carbocycles. The average Bonchev–Trinajstić information content (AvgIpc) is 2.92. The van der Waals surface area contributed by atoms with Crippen LogP contribution in [0.25, 0.3) is 0 Å². The third kappa shape index (κ3) is 3.26. The number of nitrogens with zero attached hydrogens (tertiary/aromatic N) is 1. The number of furan rings is 1. The van der Waals surface area contributed by atoms with Gasteiger partial charge < -0.3 is 9.73 Å². The zero-order valence-corrected chi connectivity index (χ0v) is 12.7. The summed E-state index contributed by atoms with van der Waals surface area (Å²) in [6.45, 7) is 7.63. The normalized spacial score (nSPS) is 27.4. The van der Waals surface area contributed by atoms with Crippen LogP contribution >= 0.6 is 0 Å². The van der Waals surface area contributed by atoms with Gasteiger partial charge in [-0.1, -0.05) is 26.2 Å². The molecule has 0 bridgehead atoms. The first kappa shape index (κ1) is 14.2. The Morgan fingerprint density at radius 2 is 2.10 bits per heavy atom. The molecule has 1 aromatic heterocycles. The van der Waals surface area contributed by atoms with Crippen LogP contribution in [0.4, 0.5) is 0 Å². The van der Waals surface area contributed by atoms with Gasteiger partial charge in [-0.05, 0) is 43.8 Å². The van der Waals surface area contributed by atoms with Gasteiger partial charge in [-0.2, -0.15) is 0 Å². The van der Waals surface area contributed by atoms with Crippen LogP contribution in [-0.2, 0) is 13.1 Å². The lowest BCUT2D eigenvalue weighted by Crippen LogP contribution is -2.41. The lowest BCUT2D eigenvalue weighted by atomic mass is 9.75. The molecule has 20 heavy (non-hydrogen) atoms. The number of fused-ring (bicyclic) bond motifs is 1. The molecule has 2 aliphatic rings. The van der Waals surface area contributed by atoms with E-state index in [4.69, 9.17) is 4.42 Å². The first-order valence-corrected chi connectivity index (χ1v) is 8.35. The van der Waals surface area contributed by atoms with Crippen LogP contribution in [0.1, 0.15) is 50.4 Å². The predicted molar refractivity (Wildman–Crippen MR) is 81.4 cm³/mol. The molecule has 1 aliphatic carbocycles. The molecule has 3 heteroatoms.